The number of piperidine rings is 1. The van der Waals surface area contributed by atoms with Gasteiger partial charge in [-0.05, 0) is 75.5 Å². The van der Waals surface area contributed by atoms with Gasteiger partial charge in [-0.1, -0.05) is 24.3 Å². The molecule has 0 unspecified atom stereocenters. The summed E-state index contributed by atoms with van der Waals surface area (Å²) in [5, 5.41) is 10.2. The molecule has 0 aliphatic carbocycles. The molecule has 2 aliphatic heterocycles. The van der Waals surface area contributed by atoms with Gasteiger partial charge in [0.25, 0.3) is 5.91 Å². The first-order valence-corrected chi connectivity index (χ1v) is 11.6. The Kier molecular flexibility index (Phi) is 6.63. The molecule has 0 radical (unpaired) electrons. The van der Waals surface area contributed by atoms with Crippen molar-refractivity contribution in [3.8, 4) is 5.75 Å². The zero-order valence-corrected chi connectivity index (χ0v) is 19.0. The number of aromatic hydroxyl groups is 1. The molecule has 5 nitrogen and oxygen atoms in total. The molecule has 2 saturated heterocycles. The van der Waals surface area contributed by atoms with E-state index in [0.717, 1.165) is 55.7 Å². The third-order valence-corrected chi connectivity index (χ3v) is 6.98. The molecule has 1 N–H and O–H groups in total. The number of carbonyl (C=O) groups excluding carboxylic acids is 1. The van der Waals surface area contributed by atoms with Crippen molar-refractivity contribution in [2.24, 2.45) is 0 Å². The molecule has 0 bridgehead atoms. The lowest BCUT2D eigenvalue weighted by atomic mass is 9.93. The van der Waals surface area contributed by atoms with Crippen LogP contribution in [0.3, 0.4) is 0 Å². The number of hydrogen-bond acceptors (Lipinski definition) is 4. The van der Waals surface area contributed by atoms with Crippen LogP contribution < -0.4 is 0 Å². The Morgan fingerprint density at radius 3 is 2.32 bits per heavy atom. The normalized spacial score (nSPS) is 24.2. The second-order valence-electron chi connectivity index (χ2n) is 9.31. The van der Waals surface area contributed by atoms with Gasteiger partial charge in [-0.15, -0.1) is 0 Å². The number of hydrogen-bond donors (Lipinski definition) is 1. The smallest absolute Gasteiger partial charge is 0.253 e. The number of likely N-dealkylation sites (N-methyl/N-ethyl adjacent to an activating group) is 1. The quantitative estimate of drug-likeness (QED) is 0.806. The number of rotatable bonds is 4. The molecule has 2 heterocycles. The fourth-order valence-corrected chi connectivity index (χ4v) is 5.04. The summed E-state index contributed by atoms with van der Waals surface area (Å²) < 4.78 is 0. The topological polar surface area (TPSA) is 47.0 Å². The minimum absolute atomic E-state index is 0.0392. The van der Waals surface area contributed by atoms with Crippen molar-refractivity contribution < 1.29 is 9.90 Å². The molecular formula is C26H35N3O2. The maximum atomic E-state index is 12.9. The maximum Gasteiger partial charge on any atom is 0.253 e. The molecule has 1 amide bonds. The third kappa shape index (κ3) is 4.78. The molecule has 0 aromatic heterocycles. The fraction of sp³-hybridized carbons (Fsp3) is 0.500. The Morgan fingerprint density at radius 2 is 1.65 bits per heavy atom. The van der Waals surface area contributed by atoms with E-state index in [1.807, 2.05) is 29.2 Å². The van der Waals surface area contributed by atoms with Gasteiger partial charge in [-0.25, -0.2) is 0 Å². The zero-order valence-electron chi connectivity index (χ0n) is 19.0. The van der Waals surface area contributed by atoms with Crippen molar-refractivity contribution in [1.82, 2.24) is 14.7 Å². The van der Waals surface area contributed by atoms with Crippen LogP contribution in [0.25, 0.3) is 0 Å². The molecule has 2 fully saturated rings. The van der Waals surface area contributed by atoms with Gasteiger partial charge >= 0.3 is 0 Å². The van der Waals surface area contributed by atoms with Gasteiger partial charge in [-0.2, -0.15) is 0 Å². The summed E-state index contributed by atoms with van der Waals surface area (Å²) in [7, 11) is 2.18. The Hall–Kier alpha value is -2.37. The number of amides is 1. The molecule has 2 aliphatic rings. The van der Waals surface area contributed by atoms with E-state index in [0.29, 0.717) is 12.1 Å². The maximum absolute atomic E-state index is 12.9. The van der Waals surface area contributed by atoms with Crippen LogP contribution in [0.1, 0.15) is 60.6 Å². The van der Waals surface area contributed by atoms with E-state index >= 15 is 0 Å². The highest BCUT2D eigenvalue weighted by molar-refractivity contribution is 5.94. The van der Waals surface area contributed by atoms with Crippen molar-refractivity contribution in [3.05, 3.63) is 65.2 Å². The van der Waals surface area contributed by atoms with E-state index in [9.17, 15) is 9.90 Å². The predicted molar refractivity (Wildman–Crippen MR) is 124 cm³/mol. The first-order valence-electron chi connectivity index (χ1n) is 11.6. The largest absolute Gasteiger partial charge is 0.508 e. The van der Waals surface area contributed by atoms with Crippen LogP contribution in [0.15, 0.2) is 48.5 Å². The number of carbonyl (C=O) groups is 1. The lowest BCUT2D eigenvalue weighted by molar-refractivity contribution is 0.0389. The Morgan fingerprint density at radius 1 is 0.935 bits per heavy atom. The van der Waals surface area contributed by atoms with Crippen LogP contribution in [-0.2, 0) is 0 Å². The first kappa shape index (κ1) is 21.8. The van der Waals surface area contributed by atoms with Gasteiger partial charge in [-0.3, -0.25) is 9.69 Å². The van der Waals surface area contributed by atoms with Crippen LogP contribution in [0.5, 0.6) is 5.75 Å². The molecule has 2 aromatic rings. The molecule has 5 heteroatoms. The van der Waals surface area contributed by atoms with Crippen LogP contribution in [0, 0.1) is 0 Å². The molecule has 2 aromatic carbocycles. The monoisotopic (exact) mass is 421 g/mol. The lowest BCUT2D eigenvalue weighted by Crippen LogP contribution is -2.55. The molecule has 0 saturated carbocycles. The highest BCUT2D eigenvalue weighted by Gasteiger charge is 2.33. The SMILES string of the molecule is C[C@H]1CN([C@@H](c2ccc(C(=O)N3CCCCC3)cc2)c2cccc(O)c2)[C@@H](C)CN1C. The summed E-state index contributed by atoms with van der Waals surface area (Å²) in [5.74, 6) is 0.427. The minimum atomic E-state index is 0.0392. The van der Waals surface area contributed by atoms with Gasteiger partial charge in [0.05, 0.1) is 6.04 Å². The second-order valence-corrected chi connectivity index (χ2v) is 9.31. The van der Waals surface area contributed by atoms with Crippen molar-refractivity contribution in [2.75, 3.05) is 33.2 Å². The first-order chi connectivity index (χ1) is 14.9. The number of benzene rings is 2. The number of nitrogens with zero attached hydrogens (tertiary/aromatic N) is 3. The third-order valence-electron chi connectivity index (χ3n) is 6.98. The molecule has 3 atom stereocenters. The van der Waals surface area contributed by atoms with Crippen molar-refractivity contribution in [1.29, 1.82) is 0 Å². The van der Waals surface area contributed by atoms with E-state index in [2.05, 4.69) is 48.9 Å². The zero-order chi connectivity index (χ0) is 22.0. The van der Waals surface area contributed by atoms with Crippen LogP contribution in [-0.4, -0.2) is 71.0 Å². The Bertz CT molecular complexity index is 892. The van der Waals surface area contributed by atoms with E-state index in [1.54, 1.807) is 6.07 Å². The van der Waals surface area contributed by atoms with Crippen LogP contribution in [0.2, 0.25) is 0 Å². The van der Waals surface area contributed by atoms with Gasteiger partial charge in [0.2, 0.25) is 0 Å². The molecule has 166 valence electrons. The summed E-state index contributed by atoms with van der Waals surface area (Å²) in [6.45, 7) is 8.21. The average molecular weight is 422 g/mol. The summed E-state index contributed by atoms with van der Waals surface area (Å²) >= 11 is 0. The molecule has 31 heavy (non-hydrogen) atoms. The Balaban J connectivity index is 1.64. The van der Waals surface area contributed by atoms with E-state index < -0.39 is 0 Å². The number of phenolic OH excluding ortho intramolecular Hbond substituents is 1. The van der Waals surface area contributed by atoms with Gasteiger partial charge in [0.1, 0.15) is 5.75 Å². The van der Waals surface area contributed by atoms with Gasteiger partial charge in [0.15, 0.2) is 0 Å². The fourth-order valence-electron chi connectivity index (χ4n) is 5.04. The van der Waals surface area contributed by atoms with Crippen LogP contribution >= 0.6 is 0 Å². The second kappa shape index (κ2) is 9.41. The summed E-state index contributed by atoms with van der Waals surface area (Å²) in [6.07, 6.45) is 3.42. The minimum Gasteiger partial charge on any atom is -0.508 e. The molecule has 0 spiro atoms. The standard InChI is InChI=1S/C26H35N3O2/c1-19-18-29(20(2)17-27(19)3)25(23-8-7-9-24(30)16-23)21-10-12-22(13-11-21)26(31)28-14-5-4-6-15-28/h7-13,16,19-20,25,30H,4-6,14-15,17-18H2,1-3H3/t19-,20-,25-/m0/s1. The molecule has 4 rings (SSSR count). The van der Waals surface area contributed by atoms with E-state index in [1.165, 1.54) is 6.42 Å². The van der Waals surface area contributed by atoms with Gasteiger partial charge in [0, 0.05) is 43.8 Å². The summed E-state index contributed by atoms with van der Waals surface area (Å²) in [4.78, 5) is 19.8. The van der Waals surface area contributed by atoms with Crippen molar-refractivity contribution >= 4 is 5.91 Å². The average Bonchev–Trinajstić information content (AvgIpc) is 2.78. The van der Waals surface area contributed by atoms with Crippen molar-refractivity contribution in [2.45, 2.75) is 51.2 Å². The van der Waals surface area contributed by atoms with E-state index in [-0.39, 0.29) is 17.7 Å². The Labute approximate surface area is 186 Å². The highest BCUT2D eigenvalue weighted by Crippen LogP contribution is 2.34. The summed E-state index contributed by atoms with van der Waals surface area (Å²) in [6, 6.07) is 16.6. The lowest BCUT2D eigenvalue weighted by Gasteiger charge is -2.46. The van der Waals surface area contributed by atoms with E-state index in [4.69, 9.17) is 0 Å². The van der Waals surface area contributed by atoms with Gasteiger partial charge < -0.3 is 14.9 Å². The predicted octanol–water partition coefficient (Wildman–Crippen LogP) is 4.13. The number of likely N-dealkylation sites (tertiary alicyclic amines) is 1. The van der Waals surface area contributed by atoms with Crippen LogP contribution in [0.4, 0.5) is 0 Å². The summed E-state index contributed by atoms with van der Waals surface area (Å²) in [5.41, 5.74) is 3.00. The highest BCUT2D eigenvalue weighted by atomic mass is 16.3. The van der Waals surface area contributed by atoms with Crippen molar-refractivity contribution in [3.63, 3.8) is 0 Å². The number of phenols is 1. The molecular weight excluding hydrogens is 386 g/mol. The number of piperazine rings is 1.